The molecule has 20 heavy (non-hydrogen) atoms. The van der Waals surface area contributed by atoms with Gasteiger partial charge in [0.05, 0.1) is 0 Å². The van der Waals surface area contributed by atoms with Gasteiger partial charge < -0.3 is 5.11 Å². The Morgan fingerprint density at radius 1 is 1.50 bits per heavy atom. The van der Waals surface area contributed by atoms with Gasteiger partial charge in [-0.05, 0) is 23.9 Å². The summed E-state index contributed by atoms with van der Waals surface area (Å²) in [5.74, 6) is -1.53. The van der Waals surface area contributed by atoms with Crippen LogP contribution in [0.4, 0.5) is 5.95 Å². The summed E-state index contributed by atoms with van der Waals surface area (Å²) in [5, 5.41) is 10.5. The number of halogens is 1. The van der Waals surface area contributed by atoms with Crippen LogP contribution in [0.3, 0.4) is 0 Å². The molecule has 0 amide bonds. The number of carbonyl (C=O) groups is 1. The molecule has 0 aromatic carbocycles. The van der Waals surface area contributed by atoms with Gasteiger partial charge in [-0.1, -0.05) is 11.6 Å². The second kappa shape index (κ2) is 5.35. The number of sulfonamides is 1. The van der Waals surface area contributed by atoms with Gasteiger partial charge in [-0.15, -0.1) is 11.3 Å². The molecule has 0 aliphatic heterocycles. The van der Waals surface area contributed by atoms with Crippen LogP contribution >= 0.6 is 22.9 Å². The van der Waals surface area contributed by atoms with Crippen molar-refractivity contribution in [3.8, 4) is 0 Å². The molecule has 2 aromatic heterocycles. The quantitative estimate of drug-likeness (QED) is 0.828. The standard InChI is InChI=1S/C10H8ClN3O4S2/c1-5-4-19-7(9(15)16)8(5)20(17,18)14-10-12-3-2-6(11)13-10/h2-4H,1H3,(H,15,16)(H,12,13,14). The number of rotatable bonds is 4. The molecule has 0 radical (unpaired) electrons. The SMILES string of the molecule is Cc1csc(C(=O)O)c1S(=O)(=O)Nc1nccc(Cl)n1. The van der Waals surface area contributed by atoms with E-state index < -0.39 is 16.0 Å². The molecule has 2 rings (SSSR count). The van der Waals surface area contributed by atoms with Crippen LogP contribution in [-0.2, 0) is 10.0 Å². The number of thiophene rings is 1. The van der Waals surface area contributed by atoms with E-state index in [0.29, 0.717) is 5.56 Å². The third-order valence-electron chi connectivity index (χ3n) is 2.23. The topological polar surface area (TPSA) is 109 Å². The minimum atomic E-state index is -4.10. The molecule has 0 aliphatic carbocycles. The predicted molar refractivity (Wildman–Crippen MR) is 73.9 cm³/mol. The number of nitrogens with one attached hydrogen (secondary N) is 1. The van der Waals surface area contributed by atoms with E-state index in [0.717, 1.165) is 11.3 Å². The third-order valence-corrected chi connectivity index (χ3v) is 5.17. The fourth-order valence-electron chi connectivity index (χ4n) is 1.47. The molecule has 2 N–H and O–H groups in total. The fourth-order valence-corrected chi connectivity index (χ4v) is 4.19. The molecule has 2 heterocycles. The first-order valence-corrected chi connectivity index (χ1v) is 7.88. The molecule has 0 unspecified atom stereocenters. The summed E-state index contributed by atoms with van der Waals surface area (Å²) in [6.45, 7) is 1.51. The van der Waals surface area contributed by atoms with Gasteiger partial charge in [0.15, 0.2) is 0 Å². The van der Waals surface area contributed by atoms with Crippen molar-refractivity contribution >= 4 is 44.9 Å². The summed E-state index contributed by atoms with van der Waals surface area (Å²) in [6.07, 6.45) is 1.28. The Kier molecular flexibility index (Phi) is 3.93. The Hall–Kier alpha value is -1.71. The molecule has 0 spiro atoms. The summed E-state index contributed by atoms with van der Waals surface area (Å²) >= 11 is 6.47. The number of carboxylic acids is 1. The Bertz CT molecular complexity index is 773. The average Bonchev–Trinajstić information content (AvgIpc) is 2.71. The highest BCUT2D eigenvalue weighted by molar-refractivity contribution is 7.93. The van der Waals surface area contributed by atoms with E-state index >= 15 is 0 Å². The second-order valence-corrected chi connectivity index (χ2v) is 6.58. The van der Waals surface area contributed by atoms with Crippen molar-refractivity contribution in [3.63, 3.8) is 0 Å². The molecular weight excluding hydrogens is 326 g/mol. The van der Waals surface area contributed by atoms with Gasteiger partial charge >= 0.3 is 5.97 Å². The number of hydrogen-bond donors (Lipinski definition) is 2. The molecule has 2 aromatic rings. The lowest BCUT2D eigenvalue weighted by molar-refractivity contribution is 0.0698. The van der Waals surface area contributed by atoms with Crippen molar-refractivity contribution in [1.82, 2.24) is 9.97 Å². The minimum absolute atomic E-state index is 0.0678. The largest absolute Gasteiger partial charge is 0.477 e. The zero-order chi connectivity index (χ0) is 14.9. The summed E-state index contributed by atoms with van der Waals surface area (Å²) < 4.78 is 26.6. The van der Waals surface area contributed by atoms with Crippen LogP contribution in [0.2, 0.25) is 5.15 Å². The number of hydrogen-bond acceptors (Lipinski definition) is 6. The van der Waals surface area contributed by atoms with Crippen LogP contribution in [0, 0.1) is 6.92 Å². The van der Waals surface area contributed by atoms with Crippen LogP contribution in [0.15, 0.2) is 22.5 Å². The highest BCUT2D eigenvalue weighted by atomic mass is 35.5. The van der Waals surface area contributed by atoms with Crippen molar-refractivity contribution in [3.05, 3.63) is 33.2 Å². The first-order valence-electron chi connectivity index (χ1n) is 5.14. The maximum atomic E-state index is 12.2. The predicted octanol–water partition coefficient (Wildman–Crippen LogP) is 2.00. The monoisotopic (exact) mass is 333 g/mol. The number of nitrogens with zero attached hydrogens (tertiary/aromatic N) is 2. The van der Waals surface area contributed by atoms with E-state index in [2.05, 4.69) is 14.7 Å². The Morgan fingerprint density at radius 2 is 2.20 bits per heavy atom. The summed E-state index contributed by atoms with van der Waals surface area (Å²) in [4.78, 5) is 17.9. The first-order chi connectivity index (χ1) is 9.31. The molecule has 0 saturated carbocycles. The van der Waals surface area contributed by atoms with Crippen molar-refractivity contribution in [2.24, 2.45) is 0 Å². The van der Waals surface area contributed by atoms with Crippen molar-refractivity contribution < 1.29 is 18.3 Å². The Balaban J connectivity index is 2.46. The van der Waals surface area contributed by atoms with Crippen molar-refractivity contribution in [2.45, 2.75) is 11.8 Å². The maximum Gasteiger partial charge on any atom is 0.347 e. The van der Waals surface area contributed by atoms with Crippen LogP contribution in [0.1, 0.15) is 15.2 Å². The van der Waals surface area contributed by atoms with E-state index in [4.69, 9.17) is 16.7 Å². The van der Waals surface area contributed by atoms with Crippen LogP contribution in [0.5, 0.6) is 0 Å². The lowest BCUT2D eigenvalue weighted by atomic mass is 10.3. The zero-order valence-electron chi connectivity index (χ0n) is 9.99. The van der Waals surface area contributed by atoms with E-state index in [1.54, 1.807) is 0 Å². The minimum Gasteiger partial charge on any atom is -0.477 e. The Labute approximate surface area is 123 Å². The van der Waals surface area contributed by atoms with Gasteiger partial charge in [0, 0.05) is 6.20 Å². The second-order valence-electron chi connectivity index (χ2n) is 3.69. The lowest BCUT2D eigenvalue weighted by Crippen LogP contribution is -2.17. The van der Waals surface area contributed by atoms with Gasteiger partial charge in [-0.2, -0.15) is 0 Å². The molecule has 0 fully saturated rings. The van der Waals surface area contributed by atoms with Gasteiger partial charge in [0.1, 0.15) is 14.9 Å². The molecular formula is C10H8ClN3O4S2. The molecule has 10 heteroatoms. The summed E-state index contributed by atoms with van der Waals surface area (Å²) in [7, 11) is -4.10. The number of carboxylic acid groups (broad SMARTS) is 1. The normalized spacial score (nSPS) is 11.3. The molecule has 7 nitrogen and oxygen atoms in total. The third kappa shape index (κ3) is 2.89. The van der Waals surface area contributed by atoms with Gasteiger partial charge in [-0.3, -0.25) is 0 Å². The van der Waals surface area contributed by atoms with Crippen molar-refractivity contribution in [1.29, 1.82) is 0 Å². The van der Waals surface area contributed by atoms with Crippen molar-refractivity contribution in [2.75, 3.05) is 4.72 Å². The summed E-state index contributed by atoms with van der Waals surface area (Å²) in [6, 6.07) is 1.39. The van der Waals surface area contributed by atoms with E-state index in [9.17, 15) is 13.2 Å². The Morgan fingerprint density at radius 3 is 2.80 bits per heavy atom. The number of aromatic nitrogens is 2. The van der Waals surface area contributed by atoms with Gasteiger partial charge in [-0.25, -0.2) is 27.9 Å². The molecule has 106 valence electrons. The fraction of sp³-hybridized carbons (Fsp3) is 0.100. The highest BCUT2D eigenvalue weighted by Crippen LogP contribution is 2.28. The average molecular weight is 334 g/mol. The zero-order valence-corrected chi connectivity index (χ0v) is 12.4. The molecule has 0 saturated heterocycles. The highest BCUT2D eigenvalue weighted by Gasteiger charge is 2.27. The smallest absolute Gasteiger partial charge is 0.347 e. The van der Waals surface area contributed by atoms with Crippen LogP contribution < -0.4 is 4.72 Å². The number of anilines is 1. The molecule has 0 atom stereocenters. The van der Waals surface area contributed by atoms with Crippen LogP contribution in [0.25, 0.3) is 0 Å². The van der Waals surface area contributed by atoms with Gasteiger partial charge in [0.2, 0.25) is 5.95 Å². The van der Waals surface area contributed by atoms with E-state index in [-0.39, 0.29) is 20.9 Å². The lowest BCUT2D eigenvalue weighted by Gasteiger charge is -2.07. The van der Waals surface area contributed by atoms with E-state index in [1.807, 2.05) is 0 Å². The molecule has 0 aliphatic rings. The summed E-state index contributed by atoms with van der Waals surface area (Å²) in [5.41, 5.74) is 0.335. The maximum absolute atomic E-state index is 12.2. The van der Waals surface area contributed by atoms with Crippen LogP contribution in [-0.4, -0.2) is 29.5 Å². The van der Waals surface area contributed by atoms with E-state index in [1.165, 1.54) is 24.6 Å². The molecule has 0 bridgehead atoms. The number of aryl methyl sites for hydroxylation is 1. The van der Waals surface area contributed by atoms with Gasteiger partial charge in [0.25, 0.3) is 10.0 Å². The first kappa shape index (κ1) is 14.7. The number of aromatic carboxylic acids is 1.